The van der Waals surface area contributed by atoms with Gasteiger partial charge >= 0.3 is 12.0 Å². The Morgan fingerprint density at radius 2 is 1.95 bits per heavy atom. The van der Waals surface area contributed by atoms with E-state index in [9.17, 15) is 14.7 Å². The number of carbonyl (C=O) groups excluding carboxylic acids is 1. The van der Waals surface area contributed by atoms with Crippen LogP contribution in [0.15, 0.2) is 0 Å². The molecule has 2 amide bonds. The number of carbonyl (C=O) groups is 2. The van der Waals surface area contributed by atoms with E-state index in [-0.39, 0.29) is 18.7 Å². The van der Waals surface area contributed by atoms with Crippen LogP contribution in [0.5, 0.6) is 0 Å². The lowest BCUT2D eigenvalue weighted by Gasteiger charge is -2.37. The predicted molar refractivity (Wildman–Crippen MR) is 73.5 cm³/mol. The molecule has 2 aliphatic heterocycles. The SMILES string of the molecule is CCN(C(=O)N1CCC(C)CC1)C1COCC1C(=O)O. The number of aliphatic carboxylic acids is 1. The summed E-state index contributed by atoms with van der Waals surface area (Å²) in [5, 5.41) is 9.22. The number of hydrogen-bond acceptors (Lipinski definition) is 3. The molecule has 0 aromatic heterocycles. The first-order chi connectivity index (χ1) is 9.54. The zero-order valence-corrected chi connectivity index (χ0v) is 12.2. The van der Waals surface area contributed by atoms with Crippen molar-refractivity contribution in [1.82, 2.24) is 9.80 Å². The van der Waals surface area contributed by atoms with Crippen LogP contribution in [0.1, 0.15) is 26.7 Å². The van der Waals surface area contributed by atoms with E-state index >= 15 is 0 Å². The molecule has 2 heterocycles. The van der Waals surface area contributed by atoms with Crippen molar-refractivity contribution in [3.05, 3.63) is 0 Å². The molecular weight excluding hydrogens is 260 g/mol. The molecule has 114 valence electrons. The second-order valence-electron chi connectivity index (χ2n) is 5.79. The van der Waals surface area contributed by atoms with E-state index in [2.05, 4.69) is 6.92 Å². The highest BCUT2D eigenvalue weighted by Gasteiger charge is 2.40. The van der Waals surface area contributed by atoms with Crippen LogP contribution in [-0.4, -0.2) is 65.8 Å². The van der Waals surface area contributed by atoms with Gasteiger partial charge < -0.3 is 19.6 Å². The summed E-state index contributed by atoms with van der Waals surface area (Å²) >= 11 is 0. The molecule has 0 radical (unpaired) electrons. The summed E-state index contributed by atoms with van der Waals surface area (Å²) < 4.78 is 5.28. The number of rotatable bonds is 3. The second kappa shape index (κ2) is 6.43. The Balaban J connectivity index is 2.03. The zero-order valence-electron chi connectivity index (χ0n) is 12.2. The topological polar surface area (TPSA) is 70.1 Å². The maximum absolute atomic E-state index is 12.6. The van der Waals surface area contributed by atoms with Gasteiger partial charge in [0.05, 0.1) is 19.3 Å². The Labute approximate surface area is 119 Å². The smallest absolute Gasteiger partial charge is 0.320 e. The van der Waals surface area contributed by atoms with Gasteiger partial charge in [0.1, 0.15) is 5.92 Å². The van der Waals surface area contributed by atoms with Crippen LogP contribution in [0.4, 0.5) is 4.79 Å². The minimum Gasteiger partial charge on any atom is -0.481 e. The number of piperidine rings is 1. The highest BCUT2D eigenvalue weighted by Crippen LogP contribution is 2.23. The van der Waals surface area contributed by atoms with Crippen LogP contribution in [0, 0.1) is 11.8 Å². The molecule has 2 atom stereocenters. The molecule has 2 saturated heterocycles. The molecule has 0 spiro atoms. The van der Waals surface area contributed by atoms with Gasteiger partial charge in [-0.25, -0.2) is 4.79 Å². The van der Waals surface area contributed by atoms with Crippen molar-refractivity contribution in [1.29, 1.82) is 0 Å². The minimum absolute atomic E-state index is 0.0406. The first-order valence-corrected chi connectivity index (χ1v) is 7.40. The van der Waals surface area contributed by atoms with Crippen LogP contribution in [-0.2, 0) is 9.53 Å². The molecule has 2 rings (SSSR count). The van der Waals surface area contributed by atoms with Crippen molar-refractivity contribution in [3.63, 3.8) is 0 Å². The number of carboxylic acids is 1. The van der Waals surface area contributed by atoms with E-state index in [0.29, 0.717) is 19.1 Å². The van der Waals surface area contributed by atoms with Crippen molar-refractivity contribution in [2.75, 3.05) is 32.8 Å². The van der Waals surface area contributed by atoms with Crippen LogP contribution >= 0.6 is 0 Å². The lowest BCUT2D eigenvalue weighted by Crippen LogP contribution is -2.53. The summed E-state index contributed by atoms with van der Waals surface area (Å²) in [6.07, 6.45) is 2.04. The Hall–Kier alpha value is -1.30. The van der Waals surface area contributed by atoms with Gasteiger partial charge in [-0.1, -0.05) is 6.92 Å². The average Bonchev–Trinajstić information content (AvgIpc) is 2.89. The Kier molecular flexibility index (Phi) is 4.86. The van der Waals surface area contributed by atoms with E-state index in [4.69, 9.17) is 4.74 Å². The molecule has 0 aromatic rings. The van der Waals surface area contributed by atoms with Crippen LogP contribution in [0.2, 0.25) is 0 Å². The molecule has 2 aliphatic rings. The van der Waals surface area contributed by atoms with E-state index in [1.165, 1.54) is 0 Å². The Morgan fingerprint density at radius 1 is 1.30 bits per heavy atom. The number of likely N-dealkylation sites (tertiary alicyclic amines) is 1. The number of ether oxygens (including phenoxy) is 1. The number of carboxylic acid groups (broad SMARTS) is 1. The molecule has 1 N–H and O–H groups in total. The fourth-order valence-corrected chi connectivity index (χ4v) is 2.98. The largest absolute Gasteiger partial charge is 0.481 e. The summed E-state index contributed by atoms with van der Waals surface area (Å²) in [5.41, 5.74) is 0. The third-order valence-electron chi connectivity index (χ3n) is 4.41. The van der Waals surface area contributed by atoms with Gasteiger partial charge in [0.15, 0.2) is 0 Å². The van der Waals surface area contributed by atoms with Gasteiger partial charge in [0, 0.05) is 19.6 Å². The fourth-order valence-electron chi connectivity index (χ4n) is 2.98. The Morgan fingerprint density at radius 3 is 2.50 bits per heavy atom. The monoisotopic (exact) mass is 284 g/mol. The molecule has 0 bridgehead atoms. The molecule has 0 saturated carbocycles. The van der Waals surface area contributed by atoms with Gasteiger partial charge in [0.2, 0.25) is 0 Å². The van der Waals surface area contributed by atoms with Gasteiger partial charge in [-0.3, -0.25) is 4.79 Å². The number of amides is 2. The van der Waals surface area contributed by atoms with Crippen molar-refractivity contribution >= 4 is 12.0 Å². The van der Waals surface area contributed by atoms with Gasteiger partial charge in [-0.15, -0.1) is 0 Å². The Bertz CT molecular complexity index is 366. The third-order valence-corrected chi connectivity index (χ3v) is 4.41. The summed E-state index contributed by atoms with van der Waals surface area (Å²) in [6, 6.07) is -0.384. The van der Waals surface area contributed by atoms with Crippen molar-refractivity contribution in [3.8, 4) is 0 Å². The molecular formula is C14H24N2O4. The lowest BCUT2D eigenvalue weighted by atomic mass is 9.99. The van der Waals surface area contributed by atoms with Gasteiger partial charge in [-0.2, -0.15) is 0 Å². The maximum Gasteiger partial charge on any atom is 0.320 e. The number of nitrogens with zero attached hydrogens (tertiary/aromatic N) is 2. The van der Waals surface area contributed by atoms with Crippen molar-refractivity contribution < 1.29 is 19.4 Å². The summed E-state index contributed by atoms with van der Waals surface area (Å²) in [5.74, 6) is -0.829. The normalized spacial score (nSPS) is 27.6. The first-order valence-electron chi connectivity index (χ1n) is 7.40. The van der Waals surface area contributed by atoms with Crippen molar-refractivity contribution in [2.45, 2.75) is 32.7 Å². The van der Waals surface area contributed by atoms with E-state index < -0.39 is 11.9 Å². The summed E-state index contributed by atoms with van der Waals surface area (Å²) in [4.78, 5) is 27.4. The van der Waals surface area contributed by atoms with Gasteiger partial charge in [0.25, 0.3) is 0 Å². The molecule has 6 nitrogen and oxygen atoms in total. The summed E-state index contributed by atoms with van der Waals surface area (Å²) in [6.45, 7) is 6.65. The quantitative estimate of drug-likeness (QED) is 0.847. The maximum atomic E-state index is 12.6. The van der Waals surface area contributed by atoms with Gasteiger partial charge in [-0.05, 0) is 25.7 Å². The average molecular weight is 284 g/mol. The van der Waals surface area contributed by atoms with Crippen molar-refractivity contribution in [2.24, 2.45) is 11.8 Å². The third kappa shape index (κ3) is 3.06. The number of likely N-dealkylation sites (N-methyl/N-ethyl adjacent to an activating group) is 1. The van der Waals surface area contributed by atoms with Crippen LogP contribution in [0.3, 0.4) is 0 Å². The number of urea groups is 1. The summed E-state index contributed by atoms with van der Waals surface area (Å²) in [7, 11) is 0. The fraction of sp³-hybridized carbons (Fsp3) is 0.857. The van der Waals surface area contributed by atoms with E-state index in [1.807, 2.05) is 11.8 Å². The minimum atomic E-state index is -0.883. The zero-order chi connectivity index (χ0) is 14.7. The highest BCUT2D eigenvalue weighted by atomic mass is 16.5. The molecule has 0 aliphatic carbocycles. The highest BCUT2D eigenvalue weighted by molar-refractivity contribution is 5.77. The predicted octanol–water partition coefficient (Wildman–Crippen LogP) is 1.26. The van der Waals surface area contributed by atoms with Crippen LogP contribution < -0.4 is 0 Å². The molecule has 2 unspecified atom stereocenters. The molecule has 0 aromatic carbocycles. The van der Waals surface area contributed by atoms with Crippen LogP contribution in [0.25, 0.3) is 0 Å². The first kappa shape index (κ1) is 15.1. The van der Waals surface area contributed by atoms with E-state index in [0.717, 1.165) is 25.9 Å². The molecule has 6 heteroatoms. The number of hydrogen-bond donors (Lipinski definition) is 1. The van der Waals surface area contributed by atoms with E-state index in [1.54, 1.807) is 4.90 Å². The molecule has 2 fully saturated rings. The second-order valence-corrected chi connectivity index (χ2v) is 5.79. The molecule has 20 heavy (non-hydrogen) atoms. The lowest BCUT2D eigenvalue weighted by molar-refractivity contribution is -0.142. The standard InChI is InChI=1S/C14H24N2O4/c1-3-16(12-9-20-8-11(12)13(17)18)14(19)15-6-4-10(2)5-7-15/h10-12H,3-9H2,1-2H3,(H,17,18).